The van der Waals surface area contributed by atoms with Crippen LogP contribution in [0.2, 0.25) is 5.02 Å². The minimum absolute atomic E-state index is 0.00383. The Morgan fingerprint density at radius 3 is 2.63 bits per heavy atom. The zero-order chi connectivity index (χ0) is 19.7. The van der Waals surface area contributed by atoms with Crippen molar-refractivity contribution >= 4 is 45.7 Å². The van der Waals surface area contributed by atoms with Crippen LogP contribution in [0.1, 0.15) is 20.8 Å². The number of carbonyl (C=O) groups is 2. The molecule has 0 unspecified atom stereocenters. The first-order chi connectivity index (χ1) is 12.8. The second-order valence-corrected chi connectivity index (χ2v) is 6.31. The molecule has 10 heteroatoms. The van der Waals surface area contributed by atoms with Gasteiger partial charge in [-0.15, -0.1) is 0 Å². The van der Waals surface area contributed by atoms with E-state index in [1.165, 1.54) is 35.2 Å². The Hall–Kier alpha value is -3.46. The van der Waals surface area contributed by atoms with Crippen LogP contribution in [0.3, 0.4) is 0 Å². The third kappa shape index (κ3) is 3.58. The Labute approximate surface area is 158 Å². The molecule has 0 aliphatic heterocycles. The zero-order valence-corrected chi connectivity index (χ0v) is 15.1. The number of nitrogens with one attached hydrogen (secondary N) is 2. The normalized spacial score (nSPS) is 10.6. The smallest absolute Gasteiger partial charge is 0.276 e. The number of amides is 2. The number of hydrogen-bond donors (Lipinski definition) is 2. The molecule has 27 heavy (non-hydrogen) atoms. The number of hydrogen-bond acceptors (Lipinski definition) is 5. The summed E-state index contributed by atoms with van der Waals surface area (Å²) in [5.74, 6) is -0.885. The molecule has 0 fully saturated rings. The van der Waals surface area contributed by atoms with Crippen molar-refractivity contribution in [3.05, 3.63) is 62.8 Å². The van der Waals surface area contributed by atoms with E-state index in [0.29, 0.717) is 16.6 Å². The zero-order valence-electron chi connectivity index (χ0n) is 14.3. The van der Waals surface area contributed by atoms with Crippen LogP contribution >= 0.6 is 11.6 Å². The molecular formula is C17H14ClN5O4. The van der Waals surface area contributed by atoms with Crippen molar-refractivity contribution in [2.24, 2.45) is 0 Å². The van der Waals surface area contributed by atoms with Crippen LogP contribution in [0, 0.1) is 10.1 Å². The molecule has 0 atom stereocenters. The first-order valence-corrected chi connectivity index (χ1v) is 8.11. The van der Waals surface area contributed by atoms with Gasteiger partial charge in [0.1, 0.15) is 0 Å². The van der Waals surface area contributed by atoms with E-state index in [-0.39, 0.29) is 27.9 Å². The third-order valence-electron chi connectivity index (χ3n) is 3.83. The molecule has 2 N–H and O–H groups in total. The van der Waals surface area contributed by atoms with Crippen molar-refractivity contribution in [3.8, 4) is 0 Å². The number of nitrogens with zero attached hydrogens (tertiary/aromatic N) is 3. The molecule has 0 aliphatic rings. The van der Waals surface area contributed by atoms with Gasteiger partial charge in [0.2, 0.25) is 0 Å². The lowest BCUT2D eigenvalue weighted by atomic mass is 10.1. The van der Waals surface area contributed by atoms with Gasteiger partial charge in [-0.1, -0.05) is 11.6 Å². The summed E-state index contributed by atoms with van der Waals surface area (Å²) in [4.78, 5) is 36.5. The highest BCUT2D eigenvalue weighted by atomic mass is 35.5. The van der Waals surface area contributed by atoms with Crippen LogP contribution in [0.5, 0.6) is 0 Å². The number of anilines is 1. The topological polar surface area (TPSA) is 121 Å². The molecule has 0 bridgehead atoms. The summed E-state index contributed by atoms with van der Waals surface area (Å²) >= 11 is 6.06. The predicted octanol–water partition coefficient (Wildman–Crippen LogP) is 3.08. The van der Waals surface area contributed by atoms with E-state index in [1.54, 1.807) is 20.2 Å². The molecule has 1 heterocycles. The Balaban J connectivity index is 1.93. The maximum absolute atomic E-state index is 12.6. The lowest BCUT2D eigenvalue weighted by Gasteiger charge is -2.13. The van der Waals surface area contributed by atoms with Crippen LogP contribution in [-0.4, -0.2) is 45.9 Å². The number of fused-ring (bicyclic) bond motifs is 1. The minimum Gasteiger partial charge on any atom is -0.345 e. The summed E-state index contributed by atoms with van der Waals surface area (Å²) in [6.45, 7) is 0. The average Bonchev–Trinajstić information content (AvgIpc) is 3.05. The van der Waals surface area contributed by atoms with Crippen LogP contribution < -0.4 is 5.32 Å². The van der Waals surface area contributed by atoms with Gasteiger partial charge in [0.25, 0.3) is 17.5 Å². The quantitative estimate of drug-likeness (QED) is 0.526. The number of halogens is 1. The number of nitro benzene ring substituents is 1. The molecule has 0 saturated carbocycles. The number of aromatic amines is 1. The molecular weight excluding hydrogens is 374 g/mol. The Morgan fingerprint density at radius 2 is 1.96 bits per heavy atom. The van der Waals surface area contributed by atoms with Crippen molar-refractivity contribution in [2.75, 3.05) is 19.4 Å². The number of aromatic nitrogens is 2. The van der Waals surface area contributed by atoms with E-state index in [0.717, 1.165) is 0 Å². The summed E-state index contributed by atoms with van der Waals surface area (Å²) < 4.78 is 0. The van der Waals surface area contributed by atoms with Gasteiger partial charge in [-0.05, 0) is 24.3 Å². The molecule has 2 aromatic carbocycles. The summed E-state index contributed by atoms with van der Waals surface area (Å²) in [6, 6.07) is 8.58. The summed E-state index contributed by atoms with van der Waals surface area (Å²) in [6.07, 6.45) is 0. The highest BCUT2D eigenvalue weighted by molar-refractivity contribution is 6.34. The number of non-ortho nitro benzene ring substituents is 1. The van der Waals surface area contributed by atoms with Gasteiger partial charge < -0.3 is 10.2 Å². The molecule has 9 nitrogen and oxygen atoms in total. The maximum Gasteiger partial charge on any atom is 0.276 e. The van der Waals surface area contributed by atoms with Crippen LogP contribution in [0.15, 0.2) is 36.4 Å². The molecule has 1 aromatic heterocycles. The predicted molar refractivity (Wildman–Crippen MR) is 100 cm³/mol. The van der Waals surface area contributed by atoms with E-state index in [4.69, 9.17) is 11.6 Å². The Kier molecular flexibility index (Phi) is 4.78. The lowest BCUT2D eigenvalue weighted by molar-refractivity contribution is -0.384. The third-order valence-corrected chi connectivity index (χ3v) is 4.16. The van der Waals surface area contributed by atoms with Crippen LogP contribution in [0.4, 0.5) is 11.4 Å². The monoisotopic (exact) mass is 387 g/mol. The van der Waals surface area contributed by atoms with Crippen molar-refractivity contribution in [2.45, 2.75) is 0 Å². The van der Waals surface area contributed by atoms with E-state index in [1.807, 2.05) is 0 Å². The van der Waals surface area contributed by atoms with Crippen molar-refractivity contribution in [1.29, 1.82) is 0 Å². The Bertz CT molecular complexity index is 1080. The van der Waals surface area contributed by atoms with Gasteiger partial charge in [-0.3, -0.25) is 24.8 Å². The highest BCUT2D eigenvalue weighted by Crippen LogP contribution is 2.25. The number of H-pyrrole nitrogens is 1. The van der Waals surface area contributed by atoms with Gasteiger partial charge in [0.15, 0.2) is 5.69 Å². The van der Waals surface area contributed by atoms with Gasteiger partial charge in [-0.25, -0.2) is 0 Å². The highest BCUT2D eigenvalue weighted by Gasteiger charge is 2.19. The Morgan fingerprint density at radius 1 is 1.22 bits per heavy atom. The van der Waals surface area contributed by atoms with Gasteiger partial charge in [0.05, 0.1) is 21.0 Å². The fourth-order valence-corrected chi connectivity index (χ4v) is 2.69. The van der Waals surface area contributed by atoms with Gasteiger partial charge in [-0.2, -0.15) is 5.10 Å². The fourth-order valence-electron chi connectivity index (χ4n) is 2.49. The second-order valence-electron chi connectivity index (χ2n) is 5.91. The number of nitro groups is 1. The summed E-state index contributed by atoms with van der Waals surface area (Å²) in [7, 11) is 3.18. The molecule has 0 spiro atoms. The molecule has 2 amide bonds. The van der Waals surface area contributed by atoms with Crippen LogP contribution in [0.25, 0.3) is 10.9 Å². The van der Waals surface area contributed by atoms with E-state index < -0.39 is 10.8 Å². The van der Waals surface area contributed by atoms with Crippen molar-refractivity contribution in [1.82, 2.24) is 15.1 Å². The number of carbonyl (C=O) groups excluding carboxylic acids is 2. The van der Waals surface area contributed by atoms with Gasteiger partial charge in [0, 0.05) is 37.3 Å². The average molecular weight is 388 g/mol. The van der Waals surface area contributed by atoms with Gasteiger partial charge >= 0.3 is 0 Å². The fraction of sp³-hybridized carbons (Fsp3) is 0.118. The molecule has 0 aliphatic carbocycles. The van der Waals surface area contributed by atoms with E-state index in [2.05, 4.69) is 15.5 Å². The van der Waals surface area contributed by atoms with Crippen LogP contribution in [-0.2, 0) is 0 Å². The molecule has 0 saturated heterocycles. The SMILES string of the molecule is CN(C)C(=O)c1cc(NC(=O)c2n[nH]c3ccc([N+](=O)[O-])cc23)ccc1Cl. The van der Waals surface area contributed by atoms with E-state index >= 15 is 0 Å². The maximum atomic E-state index is 12.6. The number of benzene rings is 2. The second kappa shape index (κ2) is 7.04. The number of rotatable bonds is 4. The largest absolute Gasteiger partial charge is 0.345 e. The summed E-state index contributed by atoms with van der Waals surface area (Å²) in [5, 5.41) is 20.7. The molecule has 0 radical (unpaired) electrons. The first-order valence-electron chi connectivity index (χ1n) is 7.73. The molecule has 138 valence electrons. The van der Waals surface area contributed by atoms with Crippen molar-refractivity contribution in [3.63, 3.8) is 0 Å². The molecule has 3 rings (SSSR count). The lowest BCUT2D eigenvalue weighted by Crippen LogP contribution is -2.22. The first kappa shape index (κ1) is 18.3. The van der Waals surface area contributed by atoms with Crippen molar-refractivity contribution < 1.29 is 14.5 Å². The summed E-state index contributed by atoms with van der Waals surface area (Å²) in [5.41, 5.74) is 0.927. The standard InChI is InChI=1S/C17H14ClN5O4/c1-22(2)17(25)11-7-9(3-5-13(11)18)19-16(24)15-12-8-10(23(26)27)4-6-14(12)20-21-15/h3-8H,1-2H3,(H,19,24)(H,20,21). The van der Waals surface area contributed by atoms with E-state index in [9.17, 15) is 19.7 Å². The molecule has 3 aromatic rings. The minimum atomic E-state index is -0.577.